The molecule has 0 saturated heterocycles. The number of carbonyl (C=O) groups excluding carboxylic acids is 1. The molecule has 0 amide bonds. The maximum Gasteiger partial charge on any atom is 0.251 e. The lowest BCUT2D eigenvalue weighted by Crippen LogP contribution is -2.20. The molecule has 0 aliphatic heterocycles. The lowest BCUT2D eigenvalue weighted by Gasteiger charge is -2.11. The average molecular weight is 273 g/mol. The first-order chi connectivity index (χ1) is 9.15. The fourth-order valence-corrected chi connectivity index (χ4v) is 2.72. The van der Waals surface area contributed by atoms with Gasteiger partial charge < -0.3 is 4.57 Å². The number of ketones is 1. The van der Waals surface area contributed by atoms with Crippen molar-refractivity contribution in [3.05, 3.63) is 63.9 Å². The third-order valence-electron chi connectivity index (χ3n) is 2.82. The summed E-state index contributed by atoms with van der Waals surface area (Å²) in [5, 5.41) is 0.726. The van der Waals surface area contributed by atoms with Crippen LogP contribution in [0.4, 0.5) is 0 Å². The van der Waals surface area contributed by atoms with Gasteiger partial charge in [0.15, 0.2) is 5.78 Å². The van der Waals surface area contributed by atoms with Gasteiger partial charge in [-0.25, -0.2) is 0 Å². The van der Waals surface area contributed by atoms with Crippen LogP contribution in [0.2, 0.25) is 0 Å². The number of carbonyl (C=O) groups is 1. The fraction of sp³-hybridized carbons (Fsp3) is 0.200. The minimum atomic E-state index is -0.0967. The van der Waals surface area contributed by atoms with Crippen molar-refractivity contribution in [1.29, 1.82) is 0 Å². The van der Waals surface area contributed by atoms with Gasteiger partial charge >= 0.3 is 0 Å². The van der Waals surface area contributed by atoms with Gasteiger partial charge in [-0.2, -0.15) is 0 Å². The molecule has 19 heavy (non-hydrogen) atoms. The molecule has 0 unspecified atom stereocenters. The van der Waals surface area contributed by atoms with E-state index in [1.165, 1.54) is 22.4 Å². The molecule has 2 aromatic rings. The number of benzene rings is 1. The molecule has 98 valence electrons. The minimum absolute atomic E-state index is 0.0489. The number of rotatable bonds is 4. The lowest BCUT2D eigenvalue weighted by molar-refractivity contribution is 0.103. The molecule has 0 aliphatic rings. The van der Waals surface area contributed by atoms with Crippen LogP contribution in [-0.4, -0.2) is 16.1 Å². The molecule has 0 radical (unpaired) electrons. The maximum absolute atomic E-state index is 12.5. The molecule has 0 spiro atoms. The second-order valence-corrected chi connectivity index (χ2v) is 5.33. The Kier molecular flexibility index (Phi) is 4.22. The first-order valence-corrected chi connectivity index (χ1v) is 7.06. The molecule has 1 heterocycles. The van der Waals surface area contributed by atoms with E-state index >= 15 is 0 Å². The molecule has 3 nitrogen and oxygen atoms in total. The van der Waals surface area contributed by atoms with Gasteiger partial charge in [0, 0.05) is 18.7 Å². The Bertz CT molecular complexity index is 647. The van der Waals surface area contributed by atoms with Crippen LogP contribution in [-0.2, 0) is 7.05 Å². The van der Waals surface area contributed by atoms with Crippen molar-refractivity contribution in [2.24, 2.45) is 7.05 Å². The van der Waals surface area contributed by atoms with Gasteiger partial charge in [-0.05, 0) is 11.8 Å². The zero-order valence-corrected chi connectivity index (χ0v) is 11.7. The van der Waals surface area contributed by atoms with E-state index in [0.29, 0.717) is 11.1 Å². The molecule has 0 N–H and O–H groups in total. The summed E-state index contributed by atoms with van der Waals surface area (Å²) in [5.74, 6) is 0.763. The average Bonchev–Trinajstić information content (AvgIpc) is 2.44. The molecular weight excluding hydrogens is 258 g/mol. The predicted octanol–water partition coefficient (Wildman–Crippen LogP) is 2.73. The van der Waals surface area contributed by atoms with E-state index in [0.717, 1.165) is 10.8 Å². The van der Waals surface area contributed by atoms with Crippen molar-refractivity contribution in [2.45, 2.75) is 11.9 Å². The van der Waals surface area contributed by atoms with Gasteiger partial charge in [-0.1, -0.05) is 37.3 Å². The fourth-order valence-electron chi connectivity index (χ4n) is 1.85. The van der Waals surface area contributed by atoms with Crippen LogP contribution in [0.25, 0.3) is 0 Å². The number of nitrogens with zero attached hydrogens (tertiary/aromatic N) is 1. The standard InChI is InChI=1S/C15H15NO2S/c1-3-19-15-12(9-10-13(17)16(15)2)14(18)11-7-5-4-6-8-11/h4-10H,3H2,1-2H3. The number of thioether (sulfide) groups is 1. The van der Waals surface area contributed by atoms with E-state index in [9.17, 15) is 9.59 Å². The van der Waals surface area contributed by atoms with Crippen molar-refractivity contribution < 1.29 is 4.79 Å². The summed E-state index contributed by atoms with van der Waals surface area (Å²) in [7, 11) is 1.70. The van der Waals surface area contributed by atoms with Crippen molar-refractivity contribution in [1.82, 2.24) is 4.57 Å². The molecule has 0 atom stereocenters. The second kappa shape index (κ2) is 5.89. The van der Waals surface area contributed by atoms with E-state index in [4.69, 9.17) is 0 Å². The molecular formula is C15H15NO2S. The van der Waals surface area contributed by atoms with Crippen LogP contribution in [0, 0.1) is 0 Å². The van der Waals surface area contributed by atoms with E-state index in [1.54, 1.807) is 25.2 Å². The SMILES string of the molecule is CCSc1c(C(=O)c2ccccc2)ccc(=O)n1C. The normalized spacial score (nSPS) is 10.4. The molecule has 4 heteroatoms. The molecule has 1 aromatic carbocycles. The Hall–Kier alpha value is -1.81. The quantitative estimate of drug-likeness (QED) is 0.635. The van der Waals surface area contributed by atoms with E-state index in [1.807, 2.05) is 25.1 Å². The topological polar surface area (TPSA) is 39.1 Å². The monoisotopic (exact) mass is 273 g/mol. The smallest absolute Gasteiger partial charge is 0.251 e. The first kappa shape index (κ1) is 13.6. The summed E-state index contributed by atoms with van der Waals surface area (Å²) >= 11 is 1.51. The van der Waals surface area contributed by atoms with Crippen molar-refractivity contribution >= 4 is 17.5 Å². The molecule has 0 aliphatic carbocycles. The highest BCUT2D eigenvalue weighted by atomic mass is 32.2. The zero-order chi connectivity index (χ0) is 13.8. The van der Waals surface area contributed by atoms with Crippen molar-refractivity contribution in [2.75, 3.05) is 5.75 Å². The van der Waals surface area contributed by atoms with Crippen LogP contribution in [0.5, 0.6) is 0 Å². The van der Waals surface area contributed by atoms with Crippen LogP contribution in [0.15, 0.2) is 52.3 Å². The summed E-state index contributed by atoms with van der Waals surface area (Å²) in [5.41, 5.74) is 1.12. The largest absolute Gasteiger partial charge is 0.306 e. The highest BCUT2D eigenvalue weighted by Crippen LogP contribution is 2.22. The van der Waals surface area contributed by atoms with Crippen LogP contribution >= 0.6 is 11.8 Å². The van der Waals surface area contributed by atoms with E-state index in [-0.39, 0.29) is 11.3 Å². The summed E-state index contributed by atoms with van der Waals surface area (Å²) in [4.78, 5) is 24.1. The van der Waals surface area contributed by atoms with Gasteiger partial charge in [0.2, 0.25) is 0 Å². The van der Waals surface area contributed by atoms with Crippen LogP contribution in [0.1, 0.15) is 22.8 Å². The highest BCUT2D eigenvalue weighted by molar-refractivity contribution is 7.99. The summed E-state index contributed by atoms with van der Waals surface area (Å²) in [6.07, 6.45) is 0. The zero-order valence-electron chi connectivity index (χ0n) is 10.9. The number of pyridine rings is 1. The van der Waals surface area contributed by atoms with Gasteiger partial charge in [0.25, 0.3) is 5.56 Å². The Morgan fingerprint density at radius 2 is 1.84 bits per heavy atom. The van der Waals surface area contributed by atoms with Gasteiger partial charge in [-0.15, -0.1) is 11.8 Å². The van der Waals surface area contributed by atoms with Gasteiger partial charge in [-0.3, -0.25) is 9.59 Å². The summed E-state index contributed by atoms with van der Waals surface area (Å²) in [6.45, 7) is 2.00. The van der Waals surface area contributed by atoms with Crippen LogP contribution < -0.4 is 5.56 Å². The maximum atomic E-state index is 12.5. The molecule has 0 fully saturated rings. The molecule has 2 rings (SSSR count). The van der Waals surface area contributed by atoms with E-state index < -0.39 is 0 Å². The second-order valence-electron chi connectivity index (χ2n) is 4.08. The lowest BCUT2D eigenvalue weighted by atomic mass is 10.1. The Labute approximate surface area is 116 Å². The molecule has 1 aromatic heterocycles. The Balaban J connectivity index is 2.54. The Morgan fingerprint density at radius 1 is 1.16 bits per heavy atom. The molecule has 0 bridgehead atoms. The highest BCUT2D eigenvalue weighted by Gasteiger charge is 2.16. The predicted molar refractivity (Wildman–Crippen MR) is 78.0 cm³/mol. The van der Waals surface area contributed by atoms with Gasteiger partial charge in [0.05, 0.1) is 10.6 Å². The summed E-state index contributed by atoms with van der Waals surface area (Å²) < 4.78 is 1.53. The van der Waals surface area contributed by atoms with E-state index in [2.05, 4.69) is 0 Å². The molecule has 0 saturated carbocycles. The number of hydrogen-bond donors (Lipinski definition) is 0. The third-order valence-corrected chi connectivity index (χ3v) is 3.88. The Morgan fingerprint density at radius 3 is 2.47 bits per heavy atom. The van der Waals surface area contributed by atoms with Crippen molar-refractivity contribution in [3.8, 4) is 0 Å². The number of aromatic nitrogens is 1. The third kappa shape index (κ3) is 2.79. The van der Waals surface area contributed by atoms with Crippen molar-refractivity contribution in [3.63, 3.8) is 0 Å². The van der Waals surface area contributed by atoms with Crippen LogP contribution in [0.3, 0.4) is 0 Å². The first-order valence-electron chi connectivity index (χ1n) is 6.07. The number of hydrogen-bond acceptors (Lipinski definition) is 3. The van der Waals surface area contributed by atoms with Gasteiger partial charge in [0.1, 0.15) is 0 Å². The summed E-state index contributed by atoms with van der Waals surface area (Å²) in [6, 6.07) is 12.2. The minimum Gasteiger partial charge on any atom is -0.306 e.